The van der Waals surface area contributed by atoms with Gasteiger partial charge < -0.3 is 11.1 Å². The van der Waals surface area contributed by atoms with Crippen molar-refractivity contribution >= 4 is 23.1 Å². The van der Waals surface area contributed by atoms with E-state index in [0.717, 1.165) is 5.56 Å². The summed E-state index contributed by atoms with van der Waals surface area (Å²) < 4.78 is 4.42. The average molecular weight is 483 g/mol. The van der Waals surface area contributed by atoms with Crippen LogP contribution < -0.4 is 16.7 Å². The van der Waals surface area contributed by atoms with Gasteiger partial charge in [0.2, 0.25) is 11.7 Å². The highest BCUT2D eigenvalue weighted by molar-refractivity contribution is 6.03. The number of hydrogen-bond acceptors (Lipinski definition) is 6. The minimum Gasteiger partial charge on any atom is -0.366 e. The summed E-state index contributed by atoms with van der Waals surface area (Å²) in [4.78, 5) is 46.0. The molecule has 11 nitrogen and oxygen atoms in total. The lowest BCUT2D eigenvalue weighted by Crippen LogP contribution is -2.21. The number of imidazole rings is 1. The number of anilines is 1. The van der Waals surface area contributed by atoms with Crippen LogP contribution in [0.15, 0.2) is 65.6 Å². The van der Waals surface area contributed by atoms with Crippen LogP contribution in [-0.2, 0) is 7.05 Å². The van der Waals surface area contributed by atoms with Crippen LogP contribution >= 0.6 is 0 Å². The van der Waals surface area contributed by atoms with Crippen molar-refractivity contribution in [1.29, 1.82) is 0 Å². The van der Waals surface area contributed by atoms with Gasteiger partial charge in [-0.3, -0.25) is 14.0 Å². The fourth-order valence-electron chi connectivity index (χ4n) is 4.01. The van der Waals surface area contributed by atoms with Gasteiger partial charge in [0, 0.05) is 41.8 Å². The van der Waals surface area contributed by atoms with Crippen LogP contribution in [0.2, 0.25) is 0 Å². The maximum atomic E-state index is 13.1. The standard InChI is InChI=1S/C25H22N8O3/c1-14-11-21-29-20(16-7-9-19(10-8-16)33-15(2)30-31(3)25(33)36)13-32(21)23(27-14)24(35)28-18-6-4-5-17(12-18)22(26)34/h4-13H,1-3H3,(H2,26,34)(H,28,35). The number of rotatable bonds is 5. The summed E-state index contributed by atoms with van der Waals surface area (Å²) in [6.07, 6.45) is 1.73. The van der Waals surface area contributed by atoms with Crippen LogP contribution in [0.25, 0.3) is 22.6 Å². The second kappa shape index (κ2) is 8.62. The van der Waals surface area contributed by atoms with Crippen molar-refractivity contribution in [2.45, 2.75) is 13.8 Å². The van der Waals surface area contributed by atoms with Crippen LogP contribution in [0.3, 0.4) is 0 Å². The summed E-state index contributed by atoms with van der Waals surface area (Å²) in [6, 6.07) is 15.5. The lowest BCUT2D eigenvalue weighted by molar-refractivity contribution is 0.0994. The molecule has 2 aromatic carbocycles. The first-order valence-electron chi connectivity index (χ1n) is 11.0. The number of fused-ring (bicyclic) bond motifs is 1. The van der Waals surface area contributed by atoms with Gasteiger partial charge in [0.05, 0.1) is 11.4 Å². The van der Waals surface area contributed by atoms with E-state index in [0.29, 0.717) is 34.2 Å². The molecule has 3 N–H and O–H groups in total. The number of aromatic nitrogens is 6. The Labute approximate surface area is 204 Å². The fourth-order valence-corrected chi connectivity index (χ4v) is 4.01. The maximum Gasteiger partial charge on any atom is 0.350 e. The predicted octanol–water partition coefficient (Wildman–Crippen LogP) is 2.25. The SMILES string of the molecule is Cc1cc2nc(-c3ccc(-n4c(C)nn(C)c4=O)cc3)cn2c(C(=O)Nc2cccc(C(N)=O)c2)n1. The quantitative estimate of drug-likeness (QED) is 0.393. The highest BCUT2D eigenvalue weighted by Crippen LogP contribution is 2.22. The summed E-state index contributed by atoms with van der Waals surface area (Å²) in [5.74, 6) is -0.323. The minimum atomic E-state index is -0.587. The summed E-state index contributed by atoms with van der Waals surface area (Å²) in [6.45, 7) is 3.55. The molecule has 0 aliphatic rings. The van der Waals surface area contributed by atoms with E-state index in [1.807, 2.05) is 24.3 Å². The Morgan fingerprint density at radius 3 is 2.42 bits per heavy atom. The van der Waals surface area contributed by atoms with Crippen molar-refractivity contribution in [2.75, 3.05) is 5.32 Å². The number of aryl methyl sites for hydroxylation is 3. The lowest BCUT2D eigenvalue weighted by atomic mass is 10.1. The summed E-state index contributed by atoms with van der Waals surface area (Å²) >= 11 is 0. The zero-order chi connectivity index (χ0) is 25.6. The third kappa shape index (κ3) is 4.02. The third-order valence-electron chi connectivity index (χ3n) is 5.70. The zero-order valence-electron chi connectivity index (χ0n) is 19.8. The first-order chi connectivity index (χ1) is 17.2. The monoisotopic (exact) mass is 482 g/mol. The number of nitrogens with two attached hydrogens (primary N) is 1. The second-order valence-electron chi connectivity index (χ2n) is 8.31. The van der Waals surface area contributed by atoms with Crippen LogP contribution in [-0.4, -0.2) is 40.5 Å². The molecule has 11 heteroatoms. The minimum absolute atomic E-state index is 0.141. The molecule has 5 aromatic rings. The first-order valence-corrected chi connectivity index (χ1v) is 11.0. The van der Waals surface area contributed by atoms with E-state index in [9.17, 15) is 14.4 Å². The number of nitrogens with one attached hydrogen (secondary N) is 1. The smallest absolute Gasteiger partial charge is 0.350 e. The predicted molar refractivity (Wildman–Crippen MR) is 133 cm³/mol. The van der Waals surface area contributed by atoms with Gasteiger partial charge >= 0.3 is 5.69 Å². The van der Waals surface area contributed by atoms with Crippen molar-refractivity contribution in [2.24, 2.45) is 12.8 Å². The Morgan fingerprint density at radius 2 is 1.75 bits per heavy atom. The van der Waals surface area contributed by atoms with Crippen molar-refractivity contribution < 1.29 is 9.59 Å². The van der Waals surface area contributed by atoms with E-state index in [1.165, 1.54) is 15.3 Å². The van der Waals surface area contributed by atoms with Crippen LogP contribution in [0, 0.1) is 13.8 Å². The third-order valence-corrected chi connectivity index (χ3v) is 5.70. The number of benzene rings is 2. The van der Waals surface area contributed by atoms with Gasteiger partial charge in [0.25, 0.3) is 5.91 Å². The summed E-state index contributed by atoms with van der Waals surface area (Å²) in [7, 11) is 1.61. The van der Waals surface area contributed by atoms with E-state index < -0.39 is 11.8 Å². The van der Waals surface area contributed by atoms with Crippen LogP contribution in [0.1, 0.15) is 32.5 Å². The van der Waals surface area contributed by atoms with Crippen LogP contribution in [0.4, 0.5) is 5.69 Å². The molecule has 0 aliphatic carbocycles. The van der Waals surface area contributed by atoms with E-state index in [2.05, 4.69) is 20.4 Å². The number of carbonyl (C=O) groups is 2. The molecule has 0 atom stereocenters. The molecule has 0 aliphatic heterocycles. The van der Waals surface area contributed by atoms with Gasteiger partial charge in [0.1, 0.15) is 11.5 Å². The van der Waals surface area contributed by atoms with Crippen molar-refractivity contribution in [3.63, 3.8) is 0 Å². The molecule has 0 saturated heterocycles. The fraction of sp³-hybridized carbons (Fsp3) is 0.120. The molecule has 0 unspecified atom stereocenters. The molecule has 3 aromatic heterocycles. The molecule has 0 saturated carbocycles. The molecular formula is C25H22N8O3. The van der Waals surface area contributed by atoms with Gasteiger partial charge in [-0.05, 0) is 44.2 Å². The van der Waals surface area contributed by atoms with Crippen molar-refractivity contribution in [1.82, 2.24) is 28.7 Å². The molecule has 5 rings (SSSR count). The molecule has 0 spiro atoms. The molecule has 180 valence electrons. The molecular weight excluding hydrogens is 460 g/mol. The molecule has 0 bridgehead atoms. The number of primary amides is 1. The Morgan fingerprint density at radius 1 is 1.00 bits per heavy atom. The average Bonchev–Trinajstić information content (AvgIpc) is 3.38. The molecule has 3 heterocycles. The van der Waals surface area contributed by atoms with E-state index >= 15 is 0 Å². The van der Waals surface area contributed by atoms with Gasteiger partial charge in [-0.15, -0.1) is 0 Å². The number of amides is 2. The van der Waals surface area contributed by atoms with Crippen LogP contribution in [0.5, 0.6) is 0 Å². The van der Waals surface area contributed by atoms with Gasteiger partial charge in [-0.2, -0.15) is 5.10 Å². The topological polar surface area (TPSA) is 142 Å². The number of carbonyl (C=O) groups excluding carboxylic acids is 2. The highest BCUT2D eigenvalue weighted by atomic mass is 16.2. The van der Waals surface area contributed by atoms with E-state index in [4.69, 9.17) is 5.73 Å². The lowest BCUT2D eigenvalue weighted by Gasteiger charge is -2.08. The van der Waals surface area contributed by atoms with E-state index in [-0.39, 0.29) is 17.1 Å². The second-order valence-corrected chi connectivity index (χ2v) is 8.31. The Kier molecular flexibility index (Phi) is 5.44. The molecule has 2 amide bonds. The maximum absolute atomic E-state index is 13.1. The summed E-state index contributed by atoms with van der Waals surface area (Å²) in [5.41, 5.74) is 9.11. The first kappa shape index (κ1) is 22.7. The molecule has 0 fully saturated rings. The van der Waals surface area contributed by atoms with Gasteiger partial charge in [-0.1, -0.05) is 18.2 Å². The number of hydrogen-bond donors (Lipinski definition) is 2. The molecule has 0 radical (unpaired) electrons. The van der Waals surface area contributed by atoms with Gasteiger partial charge in [0.15, 0.2) is 0 Å². The Bertz CT molecular complexity index is 1710. The van der Waals surface area contributed by atoms with Gasteiger partial charge in [-0.25, -0.2) is 24.0 Å². The largest absolute Gasteiger partial charge is 0.366 e. The Balaban J connectivity index is 1.49. The summed E-state index contributed by atoms with van der Waals surface area (Å²) in [5, 5.41) is 6.92. The van der Waals surface area contributed by atoms with E-state index in [1.54, 1.807) is 55.8 Å². The number of nitrogens with zero attached hydrogens (tertiary/aromatic N) is 6. The Hall–Kier alpha value is -5.06. The molecule has 36 heavy (non-hydrogen) atoms. The van der Waals surface area contributed by atoms with Crippen molar-refractivity contribution in [3.05, 3.63) is 94.2 Å². The van der Waals surface area contributed by atoms with Crippen molar-refractivity contribution in [3.8, 4) is 16.9 Å². The zero-order valence-corrected chi connectivity index (χ0v) is 19.8. The normalized spacial score (nSPS) is 11.1. The highest BCUT2D eigenvalue weighted by Gasteiger charge is 2.17.